The third-order valence-electron chi connectivity index (χ3n) is 2.51. The van der Waals surface area contributed by atoms with Gasteiger partial charge < -0.3 is 14.2 Å². The minimum atomic E-state index is -0.507. The average molecular weight is 335 g/mol. The van der Waals surface area contributed by atoms with Crippen molar-refractivity contribution in [3.05, 3.63) is 26.3 Å². The van der Waals surface area contributed by atoms with Gasteiger partial charge in [0, 0.05) is 36.9 Å². The molecule has 0 saturated carbocycles. The van der Waals surface area contributed by atoms with Crippen LogP contribution < -0.4 is 4.74 Å². The molecule has 19 heavy (non-hydrogen) atoms. The molecule has 1 aromatic rings. The molecule has 8 heteroatoms. The molecule has 0 radical (unpaired) electrons. The second-order valence-corrected chi connectivity index (χ2v) is 4.53. The molecule has 0 saturated heterocycles. The van der Waals surface area contributed by atoms with Gasteiger partial charge in [0.2, 0.25) is 0 Å². The number of ether oxygens (including phenoxy) is 3. The molecule has 0 N–H and O–H groups in total. The van der Waals surface area contributed by atoms with Crippen LogP contribution in [0.3, 0.4) is 0 Å². The fourth-order valence-electron chi connectivity index (χ4n) is 1.45. The summed E-state index contributed by atoms with van der Waals surface area (Å²) in [4.78, 5) is 14.4. The first-order valence-corrected chi connectivity index (χ1v) is 6.28. The predicted octanol–water partition coefficient (Wildman–Crippen LogP) is 2.45. The number of pyridine rings is 1. The van der Waals surface area contributed by atoms with Crippen molar-refractivity contribution in [1.29, 1.82) is 0 Å². The maximum atomic E-state index is 11.0. The molecular formula is C11H15BrN2O5. The van der Waals surface area contributed by atoms with Gasteiger partial charge in [0.15, 0.2) is 6.29 Å². The average Bonchev–Trinajstić information content (AvgIpc) is 2.38. The van der Waals surface area contributed by atoms with Gasteiger partial charge in [-0.3, -0.25) is 10.1 Å². The van der Waals surface area contributed by atoms with Crippen LogP contribution in [0, 0.1) is 17.0 Å². The van der Waals surface area contributed by atoms with E-state index in [4.69, 9.17) is 14.2 Å². The summed E-state index contributed by atoms with van der Waals surface area (Å²) >= 11 is 3.20. The Balaban J connectivity index is 2.79. The molecular weight excluding hydrogens is 320 g/mol. The summed E-state index contributed by atoms with van der Waals surface area (Å²) in [7, 11) is 3.03. The normalized spacial score (nSPS) is 10.8. The van der Waals surface area contributed by atoms with E-state index in [1.54, 1.807) is 6.92 Å². The summed E-state index contributed by atoms with van der Waals surface area (Å²) in [6.45, 7) is 1.84. The zero-order valence-electron chi connectivity index (χ0n) is 10.9. The largest absolute Gasteiger partial charge is 0.473 e. The standard InChI is InChI=1S/C11H15BrN2O5/c1-7-8(12)6-13-11(10(7)14(15)16)19-5-4-9(17-2)18-3/h6,9H,4-5H2,1-3H3. The Kier molecular flexibility index (Phi) is 6.13. The van der Waals surface area contributed by atoms with Gasteiger partial charge in [0.05, 0.1) is 11.5 Å². The molecule has 0 aliphatic carbocycles. The topological polar surface area (TPSA) is 83.7 Å². The Morgan fingerprint density at radius 3 is 2.63 bits per heavy atom. The number of nitro groups is 1. The van der Waals surface area contributed by atoms with E-state index in [-0.39, 0.29) is 18.2 Å². The summed E-state index contributed by atoms with van der Waals surface area (Å²) in [5.41, 5.74) is 0.339. The highest BCUT2D eigenvalue weighted by Gasteiger charge is 2.22. The molecule has 7 nitrogen and oxygen atoms in total. The first kappa shape index (κ1) is 15.8. The number of nitrogens with zero attached hydrogens (tertiary/aromatic N) is 2. The molecule has 106 valence electrons. The molecule has 0 bridgehead atoms. The molecule has 0 unspecified atom stereocenters. The third-order valence-corrected chi connectivity index (χ3v) is 3.31. The van der Waals surface area contributed by atoms with Gasteiger partial charge in [-0.25, -0.2) is 4.98 Å². The zero-order chi connectivity index (χ0) is 14.4. The van der Waals surface area contributed by atoms with E-state index in [2.05, 4.69) is 20.9 Å². The molecule has 0 aromatic carbocycles. The van der Waals surface area contributed by atoms with E-state index in [0.717, 1.165) is 0 Å². The van der Waals surface area contributed by atoms with Gasteiger partial charge in [-0.15, -0.1) is 0 Å². The van der Waals surface area contributed by atoms with Crippen molar-refractivity contribution >= 4 is 21.6 Å². The quantitative estimate of drug-likeness (QED) is 0.432. The first-order valence-electron chi connectivity index (χ1n) is 5.49. The number of hydrogen-bond donors (Lipinski definition) is 0. The highest BCUT2D eigenvalue weighted by molar-refractivity contribution is 9.10. The summed E-state index contributed by atoms with van der Waals surface area (Å²) in [6.07, 6.45) is 1.51. The van der Waals surface area contributed by atoms with Crippen molar-refractivity contribution < 1.29 is 19.1 Å². The summed E-state index contributed by atoms with van der Waals surface area (Å²) < 4.78 is 15.9. The molecule has 0 amide bonds. The highest BCUT2D eigenvalue weighted by atomic mass is 79.9. The molecule has 0 fully saturated rings. The van der Waals surface area contributed by atoms with Crippen LogP contribution in [0.25, 0.3) is 0 Å². The summed E-state index contributed by atoms with van der Waals surface area (Å²) in [5.74, 6) is -0.00310. The Hall–Kier alpha value is -1.25. The lowest BCUT2D eigenvalue weighted by atomic mass is 10.2. The van der Waals surface area contributed by atoms with Gasteiger partial charge >= 0.3 is 5.69 Å². The van der Waals surface area contributed by atoms with Crippen LogP contribution in [0.2, 0.25) is 0 Å². The van der Waals surface area contributed by atoms with Crippen molar-refractivity contribution in [2.45, 2.75) is 19.6 Å². The number of aromatic nitrogens is 1. The number of halogens is 1. The second kappa shape index (κ2) is 7.37. The fourth-order valence-corrected chi connectivity index (χ4v) is 1.74. The predicted molar refractivity (Wildman–Crippen MR) is 71.2 cm³/mol. The number of hydrogen-bond acceptors (Lipinski definition) is 6. The van der Waals surface area contributed by atoms with E-state index < -0.39 is 11.2 Å². The van der Waals surface area contributed by atoms with Crippen LogP contribution in [0.4, 0.5) is 5.69 Å². The van der Waals surface area contributed by atoms with Gasteiger partial charge in [0.25, 0.3) is 5.88 Å². The minimum absolute atomic E-state index is 0.00310. The van der Waals surface area contributed by atoms with E-state index in [1.807, 2.05) is 0 Å². The van der Waals surface area contributed by atoms with Crippen LogP contribution >= 0.6 is 15.9 Å². The van der Waals surface area contributed by atoms with Gasteiger partial charge in [-0.2, -0.15) is 0 Å². The van der Waals surface area contributed by atoms with Crippen molar-refractivity contribution in [3.63, 3.8) is 0 Å². The van der Waals surface area contributed by atoms with Crippen LogP contribution in [0.1, 0.15) is 12.0 Å². The van der Waals surface area contributed by atoms with Crippen LogP contribution in [0.5, 0.6) is 5.88 Å². The van der Waals surface area contributed by atoms with Crippen LogP contribution in [-0.4, -0.2) is 37.0 Å². The van der Waals surface area contributed by atoms with Crippen LogP contribution in [0.15, 0.2) is 10.7 Å². The van der Waals surface area contributed by atoms with E-state index in [1.165, 1.54) is 20.4 Å². The Bertz CT molecular complexity index is 451. The van der Waals surface area contributed by atoms with Crippen molar-refractivity contribution in [2.24, 2.45) is 0 Å². The summed E-state index contributed by atoms with van der Waals surface area (Å²) in [6, 6.07) is 0. The molecule has 0 spiro atoms. The lowest BCUT2D eigenvalue weighted by Crippen LogP contribution is -2.17. The van der Waals surface area contributed by atoms with E-state index in [0.29, 0.717) is 16.5 Å². The number of methoxy groups -OCH3 is 2. The zero-order valence-corrected chi connectivity index (χ0v) is 12.5. The molecule has 1 heterocycles. The molecule has 0 aliphatic rings. The monoisotopic (exact) mass is 334 g/mol. The lowest BCUT2D eigenvalue weighted by Gasteiger charge is -2.13. The number of rotatable bonds is 7. The van der Waals surface area contributed by atoms with Crippen LogP contribution in [-0.2, 0) is 9.47 Å². The van der Waals surface area contributed by atoms with E-state index in [9.17, 15) is 10.1 Å². The Morgan fingerprint density at radius 1 is 1.47 bits per heavy atom. The maximum absolute atomic E-state index is 11.0. The molecule has 1 rings (SSSR count). The highest BCUT2D eigenvalue weighted by Crippen LogP contribution is 2.32. The van der Waals surface area contributed by atoms with Gasteiger partial charge in [-0.05, 0) is 22.9 Å². The molecule has 1 aromatic heterocycles. The minimum Gasteiger partial charge on any atom is -0.473 e. The Labute approximate surface area is 119 Å². The smallest absolute Gasteiger partial charge is 0.334 e. The summed E-state index contributed by atoms with van der Waals surface area (Å²) in [5, 5.41) is 11.0. The second-order valence-electron chi connectivity index (χ2n) is 3.68. The van der Waals surface area contributed by atoms with Crippen molar-refractivity contribution in [1.82, 2.24) is 4.98 Å². The SMILES string of the molecule is COC(CCOc1ncc(Br)c(C)c1[N+](=O)[O-])OC. The lowest BCUT2D eigenvalue weighted by molar-refractivity contribution is -0.386. The first-order chi connectivity index (χ1) is 9.01. The van der Waals surface area contributed by atoms with Crippen molar-refractivity contribution in [2.75, 3.05) is 20.8 Å². The third kappa shape index (κ3) is 4.12. The Morgan fingerprint density at radius 2 is 2.11 bits per heavy atom. The van der Waals surface area contributed by atoms with Gasteiger partial charge in [-0.1, -0.05) is 0 Å². The molecule has 0 aliphatic heterocycles. The maximum Gasteiger partial charge on any atom is 0.334 e. The van der Waals surface area contributed by atoms with E-state index >= 15 is 0 Å². The molecule has 0 atom stereocenters. The fraction of sp³-hybridized carbons (Fsp3) is 0.545. The van der Waals surface area contributed by atoms with Gasteiger partial charge in [0.1, 0.15) is 0 Å². The van der Waals surface area contributed by atoms with Crippen molar-refractivity contribution in [3.8, 4) is 5.88 Å².